The van der Waals surface area contributed by atoms with Crippen LogP contribution in [0.2, 0.25) is 25.2 Å². The maximum absolute atomic E-state index is 5.78. The second-order valence-electron chi connectivity index (χ2n) is 6.60. The van der Waals surface area contributed by atoms with Gasteiger partial charge in [0, 0.05) is 20.9 Å². The van der Waals surface area contributed by atoms with Crippen molar-refractivity contribution in [3.8, 4) is 0 Å². The lowest BCUT2D eigenvalue weighted by Gasteiger charge is -2.41. The molecule has 1 aliphatic carbocycles. The smallest absolute Gasteiger partial charge is 0.168 e. The fourth-order valence-corrected chi connectivity index (χ4v) is 4.82. The summed E-state index contributed by atoms with van der Waals surface area (Å²) in [5, 5.41) is 0. The second-order valence-corrected chi connectivity index (χ2v) is 12.2. The molecule has 2 aliphatic rings. The molecular formula is C13H26O2Si. The molecule has 2 rings (SSSR count). The summed E-state index contributed by atoms with van der Waals surface area (Å²) in [7, 11) is -0.981. The Bertz CT molecular complexity index is 231. The number of ether oxygens (including phenoxy) is 2. The molecule has 16 heavy (non-hydrogen) atoms. The molecule has 0 amide bonds. The number of hydrogen-bond acceptors (Lipinski definition) is 2. The summed E-state index contributed by atoms with van der Waals surface area (Å²) in [6, 6.07) is 0. The van der Waals surface area contributed by atoms with Gasteiger partial charge in [-0.3, -0.25) is 0 Å². The third kappa shape index (κ3) is 2.52. The van der Waals surface area contributed by atoms with E-state index in [1.807, 2.05) is 0 Å². The van der Waals surface area contributed by atoms with Gasteiger partial charge in [0.2, 0.25) is 0 Å². The van der Waals surface area contributed by atoms with E-state index in [1.54, 1.807) is 0 Å². The zero-order valence-corrected chi connectivity index (χ0v) is 12.2. The molecule has 0 radical (unpaired) electrons. The van der Waals surface area contributed by atoms with E-state index in [9.17, 15) is 0 Å². The van der Waals surface area contributed by atoms with Crippen LogP contribution < -0.4 is 0 Å². The van der Waals surface area contributed by atoms with E-state index in [-0.39, 0.29) is 5.79 Å². The quantitative estimate of drug-likeness (QED) is 0.688. The molecule has 2 fully saturated rings. The first kappa shape index (κ1) is 12.6. The van der Waals surface area contributed by atoms with Gasteiger partial charge >= 0.3 is 0 Å². The van der Waals surface area contributed by atoms with Gasteiger partial charge in [0.1, 0.15) is 0 Å². The zero-order chi connectivity index (χ0) is 11.8. The van der Waals surface area contributed by atoms with Crippen LogP contribution in [0.1, 0.15) is 32.6 Å². The Morgan fingerprint density at radius 3 is 2.00 bits per heavy atom. The lowest BCUT2D eigenvalue weighted by atomic mass is 9.83. The zero-order valence-electron chi connectivity index (χ0n) is 11.2. The van der Waals surface area contributed by atoms with Crippen molar-refractivity contribution in [2.45, 2.75) is 63.6 Å². The Morgan fingerprint density at radius 1 is 1.06 bits per heavy atom. The van der Waals surface area contributed by atoms with Crippen molar-refractivity contribution in [3.05, 3.63) is 0 Å². The molecular weight excluding hydrogens is 216 g/mol. The molecule has 1 saturated carbocycles. The van der Waals surface area contributed by atoms with Gasteiger partial charge in [-0.2, -0.15) is 0 Å². The van der Waals surface area contributed by atoms with E-state index < -0.39 is 8.07 Å². The molecule has 0 aromatic rings. The number of hydrogen-bond donors (Lipinski definition) is 0. The minimum absolute atomic E-state index is 0.171. The van der Waals surface area contributed by atoms with Gasteiger partial charge in [-0.25, -0.2) is 0 Å². The van der Waals surface area contributed by atoms with Gasteiger partial charge in [-0.05, 0) is 24.3 Å². The molecule has 1 atom stereocenters. The first-order valence-corrected chi connectivity index (χ1v) is 10.3. The molecule has 1 unspecified atom stereocenters. The van der Waals surface area contributed by atoms with Crippen LogP contribution in [-0.2, 0) is 9.47 Å². The Balaban J connectivity index is 1.90. The normalized spacial score (nSPS) is 28.5. The van der Waals surface area contributed by atoms with Crippen LogP contribution in [0.15, 0.2) is 0 Å². The third-order valence-corrected chi connectivity index (χ3v) is 7.88. The minimum atomic E-state index is -0.981. The van der Waals surface area contributed by atoms with Crippen LogP contribution in [0.25, 0.3) is 0 Å². The molecule has 94 valence electrons. The Labute approximate surface area is 101 Å². The van der Waals surface area contributed by atoms with Crippen LogP contribution in [0.4, 0.5) is 0 Å². The van der Waals surface area contributed by atoms with E-state index in [0.717, 1.165) is 37.5 Å². The van der Waals surface area contributed by atoms with Crippen LogP contribution in [0.3, 0.4) is 0 Å². The summed E-state index contributed by atoms with van der Waals surface area (Å²) < 4.78 is 11.6. The average molecular weight is 242 g/mol. The summed E-state index contributed by atoms with van der Waals surface area (Å²) in [6.07, 6.45) is 4.83. The SMILES string of the molecule is CC(C1CCC2(CC1)OCCO2)[Si](C)(C)C. The highest BCUT2D eigenvalue weighted by atomic mass is 28.3. The third-order valence-electron chi connectivity index (χ3n) is 4.68. The standard InChI is InChI=1S/C13H26O2Si/c1-11(16(2,3)4)12-5-7-13(8-6-12)14-9-10-15-13/h11-12H,5-10H2,1-4H3. The van der Waals surface area contributed by atoms with Crippen molar-refractivity contribution in [1.82, 2.24) is 0 Å². The van der Waals surface area contributed by atoms with E-state index in [0.29, 0.717) is 0 Å². The summed E-state index contributed by atoms with van der Waals surface area (Å²) >= 11 is 0. The van der Waals surface area contributed by atoms with Crippen molar-refractivity contribution >= 4 is 8.07 Å². The van der Waals surface area contributed by atoms with Crippen molar-refractivity contribution in [2.24, 2.45) is 5.92 Å². The predicted octanol–water partition coefficient (Wildman–Crippen LogP) is 3.65. The maximum Gasteiger partial charge on any atom is 0.168 e. The fraction of sp³-hybridized carbons (Fsp3) is 1.00. The molecule has 1 heterocycles. The van der Waals surface area contributed by atoms with Crippen molar-refractivity contribution in [3.63, 3.8) is 0 Å². The van der Waals surface area contributed by atoms with E-state index in [4.69, 9.17) is 9.47 Å². The lowest BCUT2D eigenvalue weighted by Crippen LogP contribution is -2.39. The average Bonchev–Trinajstić information content (AvgIpc) is 2.66. The van der Waals surface area contributed by atoms with Crippen molar-refractivity contribution < 1.29 is 9.47 Å². The van der Waals surface area contributed by atoms with Gasteiger partial charge in [-0.1, -0.05) is 26.6 Å². The molecule has 1 saturated heterocycles. The molecule has 0 N–H and O–H groups in total. The molecule has 1 aliphatic heterocycles. The van der Waals surface area contributed by atoms with Gasteiger partial charge in [0.25, 0.3) is 0 Å². The second kappa shape index (κ2) is 4.43. The first-order valence-electron chi connectivity index (χ1n) is 6.71. The van der Waals surface area contributed by atoms with Crippen LogP contribution in [0.5, 0.6) is 0 Å². The molecule has 0 aromatic carbocycles. The molecule has 0 aromatic heterocycles. The maximum atomic E-state index is 5.78. The monoisotopic (exact) mass is 242 g/mol. The predicted molar refractivity (Wildman–Crippen MR) is 69.4 cm³/mol. The fourth-order valence-electron chi connectivity index (χ4n) is 3.07. The van der Waals surface area contributed by atoms with E-state index in [2.05, 4.69) is 26.6 Å². The van der Waals surface area contributed by atoms with Crippen LogP contribution >= 0.6 is 0 Å². The van der Waals surface area contributed by atoms with Gasteiger partial charge in [-0.15, -0.1) is 0 Å². The Kier molecular flexibility index (Phi) is 3.48. The Hall–Kier alpha value is 0.137. The summed E-state index contributed by atoms with van der Waals surface area (Å²) in [5.74, 6) is 0.737. The van der Waals surface area contributed by atoms with Gasteiger partial charge in [0.05, 0.1) is 13.2 Å². The van der Waals surface area contributed by atoms with Crippen molar-refractivity contribution in [1.29, 1.82) is 0 Å². The van der Waals surface area contributed by atoms with E-state index in [1.165, 1.54) is 12.8 Å². The highest BCUT2D eigenvalue weighted by Gasteiger charge is 2.42. The van der Waals surface area contributed by atoms with Gasteiger partial charge in [0.15, 0.2) is 5.79 Å². The first-order chi connectivity index (χ1) is 7.43. The highest BCUT2D eigenvalue weighted by Crippen LogP contribution is 2.44. The molecule has 2 nitrogen and oxygen atoms in total. The summed E-state index contributed by atoms with van der Waals surface area (Å²) in [5.41, 5.74) is 0.922. The highest BCUT2D eigenvalue weighted by molar-refractivity contribution is 6.77. The topological polar surface area (TPSA) is 18.5 Å². The largest absolute Gasteiger partial charge is 0.348 e. The van der Waals surface area contributed by atoms with Crippen LogP contribution in [-0.4, -0.2) is 27.1 Å². The van der Waals surface area contributed by atoms with Gasteiger partial charge < -0.3 is 9.47 Å². The van der Waals surface area contributed by atoms with Crippen molar-refractivity contribution in [2.75, 3.05) is 13.2 Å². The van der Waals surface area contributed by atoms with E-state index >= 15 is 0 Å². The molecule has 0 bridgehead atoms. The lowest BCUT2D eigenvalue weighted by molar-refractivity contribution is -0.182. The summed E-state index contributed by atoms with van der Waals surface area (Å²) in [6.45, 7) is 11.5. The number of rotatable bonds is 2. The Morgan fingerprint density at radius 2 is 1.56 bits per heavy atom. The van der Waals surface area contributed by atoms with Crippen LogP contribution in [0, 0.1) is 5.92 Å². The molecule has 3 heteroatoms. The molecule has 1 spiro atoms. The summed E-state index contributed by atoms with van der Waals surface area (Å²) in [4.78, 5) is 0. The minimum Gasteiger partial charge on any atom is -0.348 e.